The number of rotatable bonds is 4. The maximum absolute atomic E-state index is 9.17. The van der Waals surface area contributed by atoms with Crippen molar-refractivity contribution in [2.75, 3.05) is 0 Å². The summed E-state index contributed by atoms with van der Waals surface area (Å²) in [6.45, 7) is 2.69. The van der Waals surface area contributed by atoms with Crippen molar-refractivity contribution in [3.05, 3.63) is 40.0 Å². The lowest BCUT2D eigenvalue weighted by atomic mass is 10.2. The molecule has 9 heteroatoms. The van der Waals surface area contributed by atoms with Gasteiger partial charge in [0.15, 0.2) is 16.1 Å². The third-order valence-electron chi connectivity index (χ3n) is 3.03. The maximum Gasteiger partial charge on any atom is 0.197 e. The summed E-state index contributed by atoms with van der Waals surface area (Å²) in [4.78, 5) is 0. The number of nitriles is 1. The number of nitrogens with zero attached hydrogens (tertiary/aromatic N) is 5. The minimum Gasteiger partial charge on any atom is -0.302 e. The van der Waals surface area contributed by atoms with Crippen LogP contribution in [-0.4, -0.2) is 19.1 Å². The quantitative estimate of drug-likeness (QED) is 0.651. The molecule has 0 aliphatic heterocycles. The van der Waals surface area contributed by atoms with E-state index in [4.69, 9.17) is 28.5 Å². The van der Waals surface area contributed by atoms with Crippen LogP contribution in [0.3, 0.4) is 0 Å². The summed E-state index contributed by atoms with van der Waals surface area (Å²) in [5.41, 5.74) is 1.26. The second-order valence-electron chi connectivity index (χ2n) is 4.41. The first kappa shape index (κ1) is 16.3. The number of halogens is 2. The predicted octanol–water partition coefficient (Wildman–Crippen LogP) is 4.75. The van der Waals surface area contributed by atoms with E-state index < -0.39 is 0 Å². The Bertz CT molecular complexity index is 897. The minimum absolute atomic E-state index is 0.220. The average Bonchev–Trinajstić information content (AvgIpc) is 3.11. The Kier molecular flexibility index (Phi) is 4.87. The summed E-state index contributed by atoms with van der Waals surface area (Å²) >= 11 is 14.5. The zero-order chi connectivity index (χ0) is 16.4. The molecule has 0 unspecified atom stereocenters. The zero-order valence-electron chi connectivity index (χ0n) is 11.8. The molecule has 0 aliphatic carbocycles. The van der Waals surface area contributed by atoms with Crippen LogP contribution in [-0.2, 0) is 6.54 Å². The van der Waals surface area contributed by atoms with Gasteiger partial charge in [0, 0.05) is 17.1 Å². The molecule has 0 radical (unpaired) electrons. The molecule has 1 aromatic carbocycles. The average molecular weight is 382 g/mol. The lowest BCUT2D eigenvalue weighted by Crippen LogP contribution is -1.99. The fourth-order valence-electron chi connectivity index (χ4n) is 1.99. The zero-order valence-corrected chi connectivity index (χ0v) is 15.0. The fourth-order valence-corrected chi connectivity index (χ4v) is 4.32. The van der Waals surface area contributed by atoms with E-state index in [1.165, 1.54) is 23.3 Å². The van der Waals surface area contributed by atoms with Gasteiger partial charge >= 0.3 is 0 Å². The first-order valence-corrected chi connectivity index (χ1v) is 8.91. The molecular formula is C14H9Cl2N5S2. The molecule has 2 aromatic heterocycles. The SMILES string of the molecule is CCn1c(Sc2snc(Cl)c2C#N)nnc1-c1cccc(Cl)c1. The fraction of sp³-hybridized carbons (Fsp3) is 0.143. The van der Waals surface area contributed by atoms with Crippen LogP contribution in [0.15, 0.2) is 33.6 Å². The smallest absolute Gasteiger partial charge is 0.197 e. The van der Waals surface area contributed by atoms with Crippen LogP contribution in [0.5, 0.6) is 0 Å². The van der Waals surface area contributed by atoms with Gasteiger partial charge in [-0.05, 0) is 42.4 Å². The third-order valence-corrected chi connectivity index (χ3v) is 5.63. The Morgan fingerprint density at radius 3 is 2.87 bits per heavy atom. The summed E-state index contributed by atoms with van der Waals surface area (Å²) in [6, 6.07) is 9.53. The summed E-state index contributed by atoms with van der Waals surface area (Å²) in [6.07, 6.45) is 0. The highest BCUT2D eigenvalue weighted by atomic mass is 35.5. The van der Waals surface area contributed by atoms with Crippen LogP contribution in [0.4, 0.5) is 0 Å². The van der Waals surface area contributed by atoms with Gasteiger partial charge in [-0.15, -0.1) is 10.2 Å². The number of hydrogen-bond donors (Lipinski definition) is 0. The summed E-state index contributed by atoms with van der Waals surface area (Å²) in [5.74, 6) is 0.728. The topological polar surface area (TPSA) is 67.4 Å². The number of aromatic nitrogens is 4. The van der Waals surface area contributed by atoms with Crippen LogP contribution in [0.2, 0.25) is 10.2 Å². The van der Waals surface area contributed by atoms with Gasteiger partial charge in [0.2, 0.25) is 0 Å². The van der Waals surface area contributed by atoms with Gasteiger partial charge in [0.1, 0.15) is 15.8 Å². The largest absolute Gasteiger partial charge is 0.302 e. The molecule has 0 aliphatic rings. The van der Waals surface area contributed by atoms with E-state index >= 15 is 0 Å². The van der Waals surface area contributed by atoms with E-state index in [1.54, 1.807) is 0 Å². The highest BCUT2D eigenvalue weighted by Crippen LogP contribution is 2.37. The molecule has 2 heterocycles. The van der Waals surface area contributed by atoms with E-state index in [0.717, 1.165) is 11.4 Å². The molecule has 0 saturated carbocycles. The van der Waals surface area contributed by atoms with E-state index in [0.29, 0.717) is 26.5 Å². The Morgan fingerprint density at radius 2 is 2.17 bits per heavy atom. The summed E-state index contributed by atoms with van der Waals surface area (Å²) in [7, 11) is 0. The third kappa shape index (κ3) is 3.21. The number of benzene rings is 1. The highest BCUT2D eigenvalue weighted by molar-refractivity contribution is 8.01. The lowest BCUT2D eigenvalue weighted by Gasteiger charge is -2.06. The standard InChI is InChI=1S/C14H9Cl2N5S2/c1-2-21-12(8-4-3-5-9(15)6-8)18-19-14(21)22-13-10(7-17)11(16)20-23-13/h3-6H,2H2,1H3. The maximum atomic E-state index is 9.17. The van der Waals surface area contributed by atoms with Crippen LogP contribution >= 0.6 is 46.5 Å². The van der Waals surface area contributed by atoms with Crippen LogP contribution < -0.4 is 0 Å². The lowest BCUT2D eigenvalue weighted by molar-refractivity contribution is 0.687. The molecule has 3 rings (SSSR count). The van der Waals surface area contributed by atoms with E-state index in [-0.39, 0.29) is 5.15 Å². The summed E-state index contributed by atoms with van der Waals surface area (Å²) < 4.78 is 6.67. The minimum atomic E-state index is 0.220. The van der Waals surface area contributed by atoms with Gasteiger partial charge in [-0.25, -0.2) is 0 Å². The molecule has 0 bridgehead atoms. The van der Waals surface area contributed by atoms with Gasteiger partial charge in [-0.1, -0.05) is 35.3 Å². The Morgan fingerprint density at radius 1 is 1.35 bits per heavy atom. The van der Waals surface area contributed by atoms with Crippen molar-refractivity contribution >= 4 is 46.5 Å². The van der Waals surface area contributed by atoms with E-state index in [1.807, 2.05) is 35.8 Å². The van der Waals surface area contributed by atoms with Crippen molar-refractivity contribution in [2.24, 2.45) is 0 Å². The molecule has 0 N–H and O–H groups in total. The molecule has 23 heavy (non-hydrogen) atoms. The molecular weight excluding hydrogens is 373 g/mol. The highest BCUT2D eigenvalue weighted by Gasteiger charge is 2.19. The molecule has 3 aromatic rings. The Hall–Kier alpha value is -1.59. The van der Waals surface area contributed by atoms with Crippen molar-refractivity contribution in [2.45, 2.75) is 22.8 Å². The molecule has 0 fully saturated rings. The van der Waals surface area contributed by atoms with Crippen LogP contribution in [0.25, 0.3) is 11.4 Å². The van der Waals surface area contributed by atoms with Gasteiger partial charge in [0.05, 0.1) is 0 Å². The monoisotopic (exact) mass is 381 g/mol. The summed E-state index contributed by atoms with van der Waals surface area (Å²) in [5, 5.41) is 19.2. The van der Waals surface area contributed by atoms with Crippen molar-refractivity contribution in [1.82, 2.24) is 19.1 Å². The van der Waals surface area contributed by atoms with Crippen molar-refractivity contribution in [1.29, 1.82) is 5.26 Å². The van der Waals surface area contributed by atoms with Gasteiger partial charge in [-0.3, -0.25) is 0 Å². The van der Waals surface area contributed by atoms with Gasteiger partial charge in [0.25, 0.3) is 0 Å². The second-order valence-corrected chi connectivity index (χ2v) is 7.21. The van der Waals surface area contributed by atoms with Crippen LogP contribution in [0, 0.1) is 11.3 Å². The molecule has 0 saturated heterocycles. The normalized spacial score (nSPS) is 10.7. The van der Waals surface area contributed by atoms with E-state index in [2.05, 4.69) is 20.6 Å². The second kappa shape index (κ2) is 6.89. The molecule has 0 spiro atoms. The number of hydrogen-bond acceptors (Lipinski definition) is 6. The first-order valence-electron chi connectivity index (χ1n) is 6.56. The Labute approximate surface area is 151 Å². The van der Waals surface area contributed by atoms with Crippen molar-refractivity contribution in [3.63, 3.8) is 0 Å². The first-order chi connectivity index (χ1) is 11.1. The van der Waals surface area contributed by atoms with Gasteiger partial charge in [-0.2, -0.15) is 9.64 Å². The van der Waals surface area contributed by atoms with Gasteiger partial charge < -0.3 is 4.57 Å². The Balaban J connectivity index is 2.00. The molecule has 0 atom stereocenters. The predicted molar refractivity (Wildman–Crippen MR) is 92.1 cm³/mol. The van der Waals surface area contributed by atoms with E-state index in [9.17, 15) is 0 Å². The molecule has 116 valence electrons. The molecule has 0 amide bonds. The van der Waals surface area contributed by atoms with Crippen molar-refractivity contribution < 1.29 is 0 Å². The van der Waals surface area contributed by atoms with Crippen LogP contribution in [0.1, 0.15) is 12.5 Å². The molecule has 5 nitrogen and oxygen atoms in total. The van der Waals surface area contributed by atoms with Crippen molar-refractivity contribution in [3.8, 4) is 17.5 Å².